The van der Waals surface area contributed by atoms with E-state index in [-0.39, 0.29) is 15.5 Å². The SMILES string of the molecule is CCC(C)C(=O)C(C#N)C(=O)c1ccc(S(C)(=O)=O)cc1Cl. The number of nitrogens with zero attached hydrogens (tertiary/aromatic N) is 1. The smallest absolute Gasteiger partial charge is 0.189 e. The summed E-state index contributed by atoms with van der Waals surface area (Å²) < 4.78 is 22.9. The lowest BCUT2D eigenvalue weighted by Gasteiger charge is -2.13. The van der Waals surface area contributed by atoms with Gasteiger partial charge in [-0.25, -0.2) is 8.42 Å². The van der Waals surface area contributed by atoms with Crippen LogP contribution in [0.2, 0.25) is 5.02 Å². The zero-order chi connectivity index (χ0) is 17.1. The number of rotatable bonds is 6. The Hall–Kier alpha value is -1.71. The minimum atomic E-state index is -3.46. The van der Waals surface area contributed by atoms with Crippen LogP contribution >= 0.6 is 11.6 Å². The molecule has 5 nitrogen and oxygen atoms in total. The average molecular weight is 342 g/mol. The lowest BCUT2D eigenvalue weighted by Crippen LogP contribution is -2.27. The summed E-state index contributed by atoms with van der Waals surface area (Å²) in [5, 5.41) is 9.02. The quantitative estimate of drug-likeness (QED) is 0.586. The molecule has 1 aromatic rings. The van der Waals surface area contributed by atoms with Crippen molar-refractivity contribution in [2.24, 2.45) is 11.8 Å². The summed E-state index contributed by atoms with van der Waals surface area (Å²) in [4.78, 5) is 24.4. The van der Waals surface area contributed by atoms with Gasteiger partial charge in [-0.2, -0.15) is 5.26 Å². The van der Waals surface area contributed by atoms with Gasteiger partial charge in [-0.05, 0) is 24.6 Å². The molecule has 0 heterocycles. The van der Waals surface area contributed by atoms with Crippen LogP contribution in [-0.4, -0.2) is 26.2 Å². The van der Waals surface area contributed by atoms with Gasteiger partial charge in [0, 0.05) is 17.7 Å². The van der Waals surface area contributed by atoms with E-state index in [9.17, 15) is 18.0 Å². The van der Waals surface area contributed by atoms with Crippen molar-refractivity contribution < 1.29 is 18.0 Å². The summed E-state index contributed by atoms with van der Waals surface area (Å²) in [5.74, 6) is -3.02. The zero-order valence-electron chi connectivity index (χ0n) is 12.5. The Morgan fingerprint density at radius 2 is 1.95 bits per heavy atom. The van der Waals surface area contributed by atoms with E-state index >= 15 is 0 Å². The molecule has 118 valence electrons. The molecule has 0 N–H and O–H groups in total. The largest absolute Gasteiger partial charge is 0.297 e. The molecule has 0 aromatic heterocycles. The normalized spacial score (nSPS) is 14.0. The Kier molecular flexibility index (Phi) is 5.86. The molecule has 2 atom stereocenters. The Morgan fingerprint density at radius 1 is 1.36 bits per heavy atom. The van der Waals surface area contributed by atoms with Gasteiger partial charge in [0.05, 0.1) is 16.0 Å². The molecule has 1 aromatic carbocycles. The van der Waals surface area contributed by atoms with Crippen LogP contribution in [-0.2, 0) is 14.6 Å². The number of carbonyl (C=O) groups is 2. The summed E-state index contributed by atoms with van der Waals surface area (Å²) in [6, 6.07) is 5.32. The maximum absolute atomic E-state index is 12.3. The topological polar surface area (TPSA) is 92.1 Å². The molecule has 7 heteroatoms. The third kappa shape index (κ3) is 3.93. The van der Waals surface area contributed by atoms with E-state index in [0.29, 0.717) is 6.42 Å². The van der Waals surface area contributed by atoms with Crippen LogP contribution in [0.15, 0.2) is 23.1 Å². The highest BCUT2D eigenvalue weighted by Gasteiger charge is 2.31. The van der Waals surface area contributed by atoms with E-state index in [0.717, 1.165) is 12.3 Å². The molecule has 0 aliphatic carbocycles. The van der Waals surface area contributed by atoms with E-state index in [1.54, 1.807) is 19.9 Å². The van der Waals surface area contributed by atoms with Crippen LogP contribution in [0.5, 0.6) is 0 Å². The van der Waals surface area contributed by atoms with Crippen molar-refractivity contribution in [1.82, 2.24) is 0 Å². The Morgan fingerprint density at radius 3 is 2.36 bits per heavy atom. The van der Waals surface area contributed by atoms with Gasteiger partial charge < -0.3 is 0 Å². The van der Waals surface area contributed by atoms with E-state index in [2.05, 4.69) is 0 Å². The summed E-state index contributed by atoms with van der Waals surface area (Å²) >= 11 is 5.94. The maximum Gasteiger partial charge on any atom is 0.189 e. The Bertz CT molecular complexity index is 749. The molecule has 0 saturated carbocycles. The summed E-state index contributed by atoms with van der Waals surface area (Å²) in [5.41, 5.74) is -0.0303. The van der Waals surface area contributed by atoms with Crippen molar-refractivity contribution in [1.29, 1.82) is 5.26 Å². The van der Waals surface area contributed by atoms with Crippen LogP contribution in [0.3, 0.4) is 0 Å². The lowest BCUT2D eigenvalue weighted by atomic mass is 9.87. The highest BCUT2D eigenvalue weighted by atomic mass is 35.5. The van der Waals surface area contributed by atoms with Crippen molar-refractivity contribution in [3.63, 3.8) is 0 Å². The first kappa shape index (κ1) is 18.3. The number of nitriles is 1. The fourth-order valence-corrected chi connectivity index (χ4v) is 2.80. The van der Waals surface area contributed by atoms with E-state index < -0.39 is 33.2 Å². The molecule has 0 radical (unpaired) electrons. The van der Waals surface area contributed by atoms with Crippen molar-refractivity contribution in [3.05, 3.63) is 28.8 Å². The van der Waals surface area contributed by atoms with Crippen LogP contribution < -0.4 is 0 Å². The summed E-state index contributed by atoms with van der Waals surface area (Å²) in [6.45, 7) is 3.43. The Labute approximate surface area is 134 Å². The lowest BCUT2D eigenvalue weighted by molar-refractivity contribution is -0.123. The molecule has 0 fully saturated rings. The van der Waals surface area contributed by atoms with E-state index in [1.807, 2.05) is 0 Å². The third-order valence-electron chi connectivity index (χ3n) is 3.41. The van der Waals surface area contributed by atoms with Crippen molar-refractivity contribution in [2.45, 2.75) is 25.2 Å². The molecule has 0 aliphatic heterocycles. The zero-order valence-corrected chi connectivity index (χ0v) is 14.0. The van der Waals surface area contributed by atoms with Gasteiger partial charge in [-0.15, -0.1) is 0 Å². The van der Waals surface area contributed by atoms with Crippen LogP contribution in [0.25, 0.3) is 0 Å². The minimum Gasteiger partial charge on any atom is -0.297 e. The number of hydrogen-bond acceptors (Lipinski definition) is 5. The van der Waals surface area contributed by atoms with Gasteiger partial charge >= 0.3 is 0 Å². The fraction of sp³-hybridized carbons (Fsp3) is 0.400. The molecule has 0 spiro atoms. The molecule has 0 bridgehead atoms. The molecule has 0 saturated heterocycles. The fourth-order valence-electron chi connectivity index (χ4n) is 1.82. The number of carbonyl (C=O) groups excluding carboxylic acids is 2. The highest BCUT2D eigenvalue weighted by Crippen LogP contribution is 2.25. The number of Topliss-reactive ketones (excluding diaryl/α,β-unsaturated/α-hetero) is 2. The molecule has 0 amide bonds. The predicted molar refractivity (Wildman–Crippen MR) is 82.5 cm³/mol. The standard InChI is InChI=1S/C15H16ClNO4S/c1-4-9(2)14(18)12(8-17)15(19)11-6-5-10(7-13(11)16)22(3,20)21/h5-7,9,12H,4H2,1-3H3. The molecular formula is C15H16ClNO4S. The first-order valence-electron chi connectivity index (χ1n) is 6.60. The first-order chi connectivity index (χ1) is 10.1. The first-order valence-corrected chi connectivity index (χ1v) is 8.87. The second-order valence-electron chi connectivity index (χ2n) is 5.05. The highest BCUT2D eigenvalue weighted by molar-refractivity contribution is 7.90. The second kappa shape index (κ2) is 7.03. The molecular weight excluding hydrogens is 326 g/mol. The monoisotopic (exact) mass is 341 g/mol. The third-order valence-corrected chi connectivity index (χ3v) is 4.83. The predicted octanol–water partition coefficient (Wildman–Crippen LogP) is 2.68. The van der Waals surface area contributed by atoms with E-state index in [4.69, 9.17) is 16.9 Å². The van der Waals surface area contributed by atoms with Crippen LogP contribution in [0.1, 0.15) is 30.6 Å². The van der Waals surface area contributed by atoms with Gasteiger partial charge in [0.25, 0.3) is 0 Å². The van der Waals surface area contributed by atoms with Gasteiger partial charge in [0.2, 0.25) is 0 Å². The van der Waals surface area contributed by atoms with Gasteiger partial charge in [0.15, 0.2) is 27.3 Å². The number of benzene rings is 1. The molecule has 0 aliphatic rings. The van der Waals surface area contributed by atoms with Crippen molar-refractivity contribution in [3.8, 4) is 6.07 Å². The summed E-state index contributed by atoms with van der Waals surface area (Å²) in [7, 11) is -3.46. The van der Waals surface area contributed by atoms with Gasteiger partial charge in [0.1, 0.15) is 0 Å². The number of ketones is 2. The Balaban J connectivity index is 3.23. The second-order valence-corrected chi connectivity index (χ2v) is 7.47. The van der Waals surface area contributed by atoms with Crippen LogP contribution in [0.4, 0.5) is 0 Å². The molecule has 2 unspecified atom stereocenters. The molecule has 1 rings (SSSR count). The molecule has 22 heavy (non-hydrogen) atoms. The van der Waals surface area contributed by atoms with Gasteiger partial charge in [-0.3, -0.25) is 9.59 Å². The average Bonchev–Trinajstić information content (AvgIpc) is 2.45. The van der Waals surface area contributed by atoms with Gasteiger partial charge in [-0.1, -0.05) is 25.4 Å². The van der Waals surface area contributed by atoms with E-state index in [1.165, 1.54) is 12.1 Å². The maximum atomic E-state index is 12.3. The number of sulfone groups is 1. The minimum absolute atomic E-state index is 0.0303. The number of hydrogen-bond donors (Lipinski definition) is 0. The van der Waals surface area contributed by atoms with Crippen molar-refractivity contribution >= 4 is 33.0 Å². The van der Waals surface area contributed by atoms with Crippen LogP contribution in [0, 0.1) is 23.2 Å². The number of halogens is 1. The summed E-state index contributed by atoms with van der Waals surface area (Å²) in [6.07, 6.45) is 1.54. The van der Waals surface area contributed by atoms with Crippen molar-refractivity contribution in [2.75, 3.05) is 6.26 Å².